The van der Waals surface area contributed by atoms with E-state index in [1.165, 1.54) is 0 Å². The third kappa shape index (κ3) is 3.34. The highest BCUT2D eigenvalue weighted by molar-refractivity contribution is 5.85. The Labute approximate surface area is 66.8 Å². The van der Waals surface area contributed by atoms with Gasteiger partial charge in [0.1, 0.15) is 0 Å². The molecule has 0 aromatic rings. The second-order valence-electron chi connectivity index (χ2n) is 2.75. The lowest BCUT2D eigenvalue weighted by Crippen LogP contribution is -2.51. The van der Waals surface area contributed by atoms with Gasteiger partial charge in [-0.25, -0.2) is 0 Å². The Morgan fingerprint density at radius 3 is 2.64 bits per heavy atom. The molecule has 0 aromatic heterocycles. The van der Waals surface area contributed by atoms with Crippen LogP contribution in [0.5, 0.6) is 0 Å². The number of nitrogens with one attached hydrogen (secondary N) is 1. The molecule has 0 heterocycles. The molecule has 0 bridgehead atoms. The number of hydrogen-bond donors (Lipinski definition) is 3. The Morgan fingerprint density at radius 2 is 2.27 bits per heavy atom. The molecule has 4 N–H and O–H groups in total. The van der Waals surface area contributed by atoms with Gasteiger partial charge in [-0.15, -0.1) is 0 Å². The van der Waals surface area contributed by atoms with Gasteiger partial charge in [-0.05, 0) is 13.3 Å². The molecule has 0 saturated carbocycles. The summed E-state index contributed by atoms with van der Waals surface area (Å²) in [4.78, 5) is 11.1. The molecule has 1 atom stereocenters. The fraction of sp³-hybridized carbons (Fsp3) is 0.857. The van der Waals surface area contributed by atoms with E-state index in [9.17, 15) is 4.79 Å². The smallest absolute Gasteiger partial charge is 0.239 e. The Balaban J connectivity index is 3.82. The number of rotatable bonds is 4. The molecular formula is C7H16N2O2. The molecule has 11 heavy (non-hydrogen) atoms. The minimum Gasteiger partial charge on any atom is -0.395 e. The van der Waals surface area contributed by atoms with Crippen molar-refractivity contribution in [1.29, 1.82) is 0 Å². The maximum absolute atomic E-state index is 11.1. The lowest BCUT2D eigenvalue weighted by atomic mass is 10.00. The van der Waals surface area contributed by atoms with Crippen molar-refractivity contribution in [1.82, 2.24) is 5.32 Å². The van der Waals surface area contributed by atoms with E-state index in [0.717, 1.165) is 0 Å². The van der Waals surface area contributed by atoms with Crippen LogP contribution >= 0.6 is 0 Å². The first-order valence-corrected chi connectivity index (χ1v) is 3.72. The van der Waals surface area contributed by atoms with Crippen molar-refractivity contribution in [3.8, 4) is 0 Å². The van der Waals surface area contributed by atoms with Gasteiger partial charge in [0, 0.05) is 6.54 Å². The minimum atomic E-state index is -0.810. The summed E-state index contributed by atoms with van der Waals surface area (Å²) in [6, 6.07) is 0. The van der Waals surface area contributed by atoms with Crippen LogP contribution in [0.3, 0.4) is 0 Å². The van der Waals surface area contributed by atoms with Crippen LogP contribution in [0, 0.1) is 0 Å². The molecule has 1 amide bonds. The van der Waals surface area contributed by atoms with Crippen molar-refractivity contribution < 1.29 is 9.90 Å². The zero-order valence-corrected chi connectivity index (χ0v) is 7.05. The Bertz CT molecular complexity index is 134. The van der Waals surface area contributed by atoms with Crippen LogP contribution in [-0.4, -0.2) is 29.7 Å². The van der Waals surface area contributed by atoms with Gasteiger partial charge >= 0.3 is 0 Å². The average molecular weight is 160 g/mol. The molecule has 0 aliphatic rings. The topological polar surface area (TPSA) is 75.4 Å². The van der Waals surface area contributed by atoms with Crippen molar-refractivity contribution in [2.45, 2.75) is 25.8 Å². The second kappa shape index (κ2) is 4.31. The predicted octanol–water partition coefficient (Wildman–Crippen LogP) is -0.778. The summed E-state index contributed by atoms with van der Waals surface area (Å²) in [5.74, 6) is -0.214. The summed E-state index contributed by atoms with van der Waals surface area (Å²) in [5.41, 5.74) is 4.80. The van der Waals surface area contributed by atoms with Gasteiger partial charge in [0.05, 0.1) is 12.1 Å². The number of amides is 1. The Hall–Kier alpha value is -0.610. The molecule has 0 aromatic carbocycles. The third-order valence-corrected chi connectivity index (χ3v) is 1.65. The largest absolute Gasteiger partial charge is 0.395 e. The second-order valence-corrected chi connectivity index (χ2v) is 2.75. The molecule has 4 heteroatoms. The van der Waals surface area contributed by atoms with Crippen LogP contribution in [0.4, 0.5) is 0 Å². The Kier molecular flexibility index (Phi) is 4.07. The lowest BCUT2D eigenvalue weighted by molar-refractivity contribution is -0.126. The van der Waals surface area contributed by atoms with Crippen molar-refractivity contribution in [2.75, 3.05) is 13.2 Å². The van der Waals surface area contributed by atoms with Crippen molar-refractivity contribution in [3.05, 3.63) is 0 Å². The number of nitrogens with two attached hydrogens (primary N) is 1. The quantitative estimate of drug-likeness (QED) is 0.505. The maximum Gasteiger partial charge on any atom is 0.239 e. The molecule has 0 fully saturated rings. The van der Waals surface area contributed by atoms with Gasteiger partial charge in [0.2, 0.25) is 5.91 Å². The number of aliphatic hydroxyl groups excluding tert-OH is 1. The van der Waals surface area contributed by atoms with Crippen molar-refractivity contribution in [2.24, 2.45) is 5.73 Å². The molecule has 66 valence electrons. The summed E-state index contributed by atoms with van der Waals surface area (Å²) < 4.78 is 0. The van der Waals surface area contributed by atoms with Gasteiger partial charge in [-0.1, -0.05) is 6.92 Å². The Morgan fingerprint density at radius 1 is 1.73 bits per heavy atom. The van der Waals surface area contributed by atoms with E-state index in [0.29, 0.717) is 6.42 Å². The van der Waals surface area contributed by atoms with Crippen molar-refractivity contribution in [3.63, 3.8) is 0 Å². The monoisotopic (exact) mass is 160 g/mol. The third-order valence-electron chi connectivity index (χ3n) is 1.65. The molecule has 0 aliphatic carbocycles. The fourth-order valence-electron chi connectivity index (χ4n) is 0.532. The maximum atomic E-state index is 11.1. The van der Waals surface area contributed by atoms with Crippen LogP contribution < -0.4 is 11.1 Å². The average Bonchev–Trinajstić information content (AvgIpc) is 2.00. The summed E-state index contributed by atoms with van der Waals surface area (Å²) in [6.45, 7) is 3.73. The number of aliphatic hydroxyl groups is 1. The highest BCUT2D eigenvalue weighted by Crippen LogP contribution is 2.03. The van der Waals surface area contributed by atoms with E-state index in [2.05, 4.69) is 5.32 Å². The molecule has 0 radical (unpaired) electrons. The van der Waals surface area contributed by atoms with E-state index in [4.69, 9.17) is 10.8 Å². The zero-order chi connectivity index (χ0) is 8.91. The SMILES string of the molecule is CCC(C)(N)C(=O)NCCO. The van der Waals surface area contributed by atoms with E-state index < -0.39 is 5.54 Å². The van der Waals surface area contributed by atoms with Crippen LogP contribution in [0.15, 0.2) is 0 Å². The molecular weight excluding hydrogens is 144 g/mol. The summed E-state index contributed by atoms with van der Waals surface area (Å²) in [6.07, 6.45) is 0.588. The number of hydrogen-bond acceptors (Lipinski definition) is 3. The summed E-state index contributed by atoms with van der Waals surface area (Å²) in [7, 11) is 0. The zero-order valence-electron chi connectivity index (χ0n) is 7.05. The normalized spacial score (nSPS) is 15.6. The van der Waals surface area contributed by atoms with E-state index in [-0.39, 0.29) is 19.1 Å². The van der Waals surface area contributed by atoms with Gasteiger partial charge in [-0.2, -0.15) is 0 Å². The van der Waals surface area contributed by atoms with Crippen molar-refractivity contribution >= 4 is 5.91 Å². The van der Waals surface area contributed by atoms with E-state index >= 15 is 0 Å². The highest BCUT2D eigenvalue weighted by atomic mass is 16.3. The van der Waals surface area contributed by atoms with Crippen LogP contribution in [-0.2, 0) is 4.79 Å². The van der Waals surface area contributed by atoms with Crippen LogP contribution in [0.25, 0.3) is 0 Å². The standard InChI is InChI=1S/C7H16N2O2/c1-3-7(2,8)6(11)9-4-5-10/h10H,3-5,8H2,1-2H3,(H,9,11). The highest BCUT2D eigenvalue weighted by Gasteiger charge is 2.24. The molecule has 0 saturated heterocycles. The van der Waals surface area contributed by atoms with E-state index in [1.54, 1.807) is 6.92 Å². The summed E-state index contributed by atoms with van der Waals surface area (Å²) >= 11 is 0. The molecule has 4 nitrogen and oxygen atoms in total. The van der Waals surface area contributed by atoms with Crippen LogP contribution in [0.2, 0.25) is 0 Å². The predicted molar refractivity (Wildman–Crippen MR) is 43.0 cm³/mol. The number of carbonyl (C=O) groups excluding carboxylic acids is 1. The first-order chi connectivity index (χ1) is 5.04. The first kappa shape index (κ1) is 10.4. The fourth-order valence-corrected chi connectivity index (χ4v) is 0.532. The number of carbonyl (C=O) groups is 1. The molecule has 0 spiro atoms. The summed E-state index contributed by atoms with van der Waals surface area (Å²) in [5, 5.41) is 10.9. The molecule has 0 aliphatic heterocycles. The van der Waals surface area contributed by atoms with Gasteiger partial charge in [0.25, 0.3) is 0 Å². The van der Waals surface area contributed by atoms with Gasteiger partial charge < -0.3 is 16.2 Å². The van der Waals surface area contributed by atoms with Crippen LogP contribution in [0.1, 0.15) is 20.3 Å². The molecule has 1 unspecified atom stereocenters. The lowest BCUT2D eigenvalue weighted by Gasteiger charge is -2.20. The molecule has 0 rings (SSSR count). The first-order valence-electron chi connectivity index (χ1n) is 3.72. The van der Waals surface area contributed by atoms with E-state index in [1.807, 2.05) is 6.92 Å². The minimum absolute atomic E-state index is 0.0501. The van der Waals surface area contributed by atoms with Gasteiger partial charge in [0.15, 0.2) is 0 Å². The van der Waals surface area contributed by atoms with Gasteiger partial charge in [-0.3, -0.25) is 4.79 Å².